The van der Waals surface area contributed by atoms with Crippen molar-refractivity contribution in [3.8, 4) is 0 Å². The third-order valence-electron chi connectivity index (χ3n) is 5.36. The summed E-state index contributed by atoms with van der Waals surface area (Å²) in [4.78, 5) is 7.36. The van der Waals surface area contributed by atoms with E-state index in [9.17, 15) is 0 Å². The van der Waals surface area contributed by atoms with E-state index in [2.05, 4.69) is 37.9 Å². The lowest BCUT2D eigenvalue weighted by atomic mass is 9.76. The molecule has 0 radical (unpaired) electrons. The van der Waals surface area contributed by atoms with E-state index in [1.54, 1.807) is 7.11 Å². The van der Waals surface area contributed by atoms with Crippen LogP contribution in [0.15, 0.2) is 4.99 Å². The average Bonchev–Trinajstić information content (AvgIpc) is 2.54. The lowest BCUT2D eigenvalue weighted by molar-refractivity contribution is -0.0371. The fraction of sp³-hybridized carbons (Fsp3) is 0.947. The Morgan fingerprint density at radius 3 is 2.67 bits per heavy atom. The minimum atomic E-state index is 0.0932. The molecule has 0 aromatic rings. The predicted molar refractivity (Wildman–Crippen MR) is 99.5 cm³/mol. The number of ether oxygens (including phenoxy) is 2. The summed E-state index contributed by atoms with van der Waals surface area (Å²) in [5.41, 5.74) is 0.424. The molecule has 0 amide bonds. The molecule has 2 heterocycles. The van der Waals surface area contributed by atoms with Crippen molar-refractivity contribution in [2.24, 2.45) is 15.8 Å². The molecule has 5 heteroatoms. The zero-order chi connectivity index (χ0) is 17.6. The van der Waals surface area contributed by atoms with Crippen molar-refractivity contribution in [3.05, 3.63) is 0 Å². The van der Waals surface area contributed by atoms with Crippen molar-refractivity contribution in [1.29, 1.82) is 0 Å². The minimum absolute atomic E-state index is 0.0932. The molecule has 1 N–H and O–H groups in total. The Hall–Kier alpha value is -0.810. The molecule has 0 saturated carbocycles. The van der Waals surface area contributed by atoms with Crippen LogP contribution in [0.5, 0.6) is 0 Å². The zero-order valence-corrected chi connectivity index (χ0v) is 16.4. The summed E-state index contributed by atoms with van der Waals surface area (Å²) in [6.07, 6.45) is 5.11. The Morgan fingerprint density at radius 1 is 1.33 bits per heavy atom. The number of guanidine groups is 1. The highest BCUT2D eigenvalue weighted by Crippen LogP contribution is 2.37. The molecule has 2 saturated heterocycles. The number of likely N-dealkylation sites (tertiary alicyclic amines) is 1. The second kappa shape index (κ2) is 8.52. The van der Waals surface area contributed by atoms with Gasteiger partial charge in [0.15, 0.2) is 5.96 Å². The van der Waals surface area contributed by atoms with E-state index < -0.39 is 0 Å². The van der Waals surface area contributed by atoms with Gasteiger partial charge >= 0.3 is 0 Å². The summed E-state index contributed by atoms with van der Waals surface area (Å²) < 4.78 is 11.5. The number of aliphatic imine (C=N–C) groups is 1. The average molecular weight is 340 g/mol. The highest BCUT2D eigenvalue weighted by molar-refractivity contribution is 5.80. The smallest absolute Gasteiger partial charge is 0.194 e. The fourth-order valence-electron chi connectivity index (χ4n) is 3.92. The molecule has 2 rings (SSSR count). The van der Waals surface area contributed by atoms with Gasteiger partial charge in [-0.15, -0.1) is 0 Å². The van der Waals surface area contributed by atoms with E-state index in [0.717, 1.165) is 38.8 Å². The van der Waals surface area contributed by atoms with E-state index in [-0.39, 0.29) is 11.5 Å². The van der Waals surface area contributed by atoms with Gasteiger partial charge in [-0.1, -0.05) is 20.8 Å². The number of nitrogens with one attached hydrogen (secondary N) is 1. The van der Waals surface area contributed by atoms with Gasteiger partial charge in [0.05, 0.1) is 19.3 Å². The maximum atomic E-state index is 5.80. The molecular formula is C19H37N3O2. The third kappa shape index (κ3) is 5.09. The van der Waals surface area contributed by atoms with Gasteiger partial charge in [-0.05, 0) is 38.0 Å². The van der Waals surface area contributed by atoms with Crippen molar-refractivity contribution in [1.82, 2.24) is 10.2 Å². The summed E-state index contributed by atoms with van der Waals surface area (Å²) in [6.45, 7) is 14.3. The van der Waals surface area contributed by atoms with E-state index in [1.165, 1.54) is 25.7 Å². The van der Waals surface area contributed by atoms with Crippen molar-refractivity contribution in [2.75, 3.05) is 46.5 Å². The van der Waals surface area contributed by atoms with Gasteiger partial charge in [-0.2, -0.15) is 0 Å². The first-order valence-electron chi connectivity index (χ1n) is 9.54. The van der Waals surface area contributed by atoms with Crippen LogP contribution >= 0.6 is 0 Å². The van der Waals surface area contributed by atoms with E-state index in [1.807, 2.05) is 0 Å². The lowest BCUT2D eigenvalue weighted by Gasteiger charge is -2.45. The van der Waals surface area contributed by atoms with Crippen molar-refractivity contribution in [2.45, 2.75) is 59.5 Å². The quantitative estimate of drug-likeness (QED) is 0.632. The first-order valence-corrected chi connectivity index (χ1v) is 9.54. The summed E-state index contributed by atoms with van der Waals surface area (Å²) in [7, 11) is 1.79. The zero-order valence-electron chi connectivity index (χ0n) is 16.4. The Labute approximate surface area is 148 Å². The summed E-state index contributed by atoms with van der Waals surface area (Å²) in [5, 5.41) is 3.48. The molecule has 140 valence electrons. The molecule has 24 heavy (non-hydrogen) atoms. The van der Waals surface area contributed by atoms with Crippen LogP contribution in [-0.2, 0) is 9.47 Å². The molecule has 0 aromatic carbocycles. The molecule has 0 bridgehead atoms. The second-order valence-electron chi connectivity index (χ2n) is 8.47. The van der Waals surface area contributed by atoms with Gasteiger partial charge in [-0.3, -0.25) is 4.99 Å². The molecule has 2 unspecified atom stereocenters. The van der Waals surface area contributed by atoms with Crippen LogP contribution in [0.2, 0.25) is 0 Å². The summed E-state index contributed by atoms with van der Waals surface area (Å²) in [6, 6.07) is 0. The van der Waals surface area contributed by atoms with Gasteiger partial charge in [0.2, 0.25) is 0 Å². The fourth-order valence-corrected chi connectivity index (χ4v) is 3.92. The molecule has 1 spiro atoms. The largest absolute Gasteiger partial charge is 0.381 e. The maximum absolute atomic E-state index is 5.80. The van der Waals surface area contributed by atoms with Crippen LogP contribution in [0.25, 0.3) is 0 Å². The highest BCUT2D eigenvalue weighted by atomic mass is 16.5. The highest BCUT2D eigenvalue weighted by Gasteiger charge is 2.38. The Kier molecular flexibility index (Phi) is 6.93. The molecule has 0 aliphatic carbocycles. The third-order valence-corrected chi connectivity index (χ3v) is 5.36. The SMILES string of the molecule is CCNC(=NCC(OC)C(C)(C)C)N1CCCC2(CCCOC2)C1. The molecule has 2 fully saturated rings. The topological polar surface area (TPSA) is 46.1 Å². The van der Waals surface area contributed by atoms with Crippen molar-refractivity contribution in [3.63, 3.8) is 0 Å². The molecule has 2 aliphatic rings. The number of hydrogen-bond donors (Lipinski definition) is 1. The van der Waals surface area contributed by atoms with Gasteiger partial charge in [-0.25, -0.2) is 0 Å². The van der Waals surface area contributed by atoms with E-state index in [0.29, 0.717) is 12.0 Å². The first kappa shape index (κ1) is 19.5. The van der Waals surface area contributed by atoms with Crippen molar-refractivity contribution < 1.29 is 9.47 Å². The number of piperidine rings is 1. The van der Waals surface area contributed by atoms with Crippen LogP contribution < -0.4 is 5.32 Å². The van der Waals surface area contributed by atoms with Gasteiger partial charge in [0.1, 0.15) is 0 Å². The second-order valence-corrected chi connectivity index (χ2v) is 8.47. The van der Waals surface area contributed by atoms with Crippen molar-refractivity contribution >= 4 is 5.96 Å². The van der Waals surface area contributed by atoms with E-state index >= 15 is 0 Å². The van der Waals surface area contributed by atoms with Gasteiger partial charge in [0, 0.05) is 38.8 Å². The normalized spacial score (nSPS) is 27.4. The molecular weight excluding hydrogens is 302 g/mol. The monoisotopic (exact) mass is 339 g/mol. The van der Waals surface area contributed by atoms with Gasteiger partial charge in [0.25, 0.3) is 0 Å². The Bertz CT molecular complexity index is 406. The lowest BCUT2D eigenvalue weighted by Crippen LogP contribution is -2.53. The molecule has 2 aliphatic heterocycles. The Balaban J connectivity index is 2.06. The minimum Gasteiger partial charge on any atom is -0.381 e. The predicted octanol–water partition coefficient (Wildman–Crippen LogP) is 2.91. The van der Waals surface area contributed by atoms with Gasteiger partial charge < -0.3 is 19.7 Å². The standard InChI is InChI=1S/C19H37N3O2/c1-6-20-17(21-13-16(23-5)18(2,3)4)22-11-7-9-19(14-22)10-8-12-24-15-19/h16H,6-15H2,1-5H3,(H,20,21). The summed E-state index contributed by atoms with van der Waals surface area (Å²) in [5.74, 6) is 1.04. The number of hydrogen-bond acceptors (Lipinski definition) is 3. The Morgan fingerprint density at radius 2 is 2.08 bits per heavy atom. The number of rotatable bonds is 4. The van der Waals surface area contributed by atoms with E-state index in [4.69, 9.17) is 14.5 Å². The number of methoxy groups -OCH3 is 1. The van der Waals surface area contributed by atoms with Crippen LogP contribution in [0.3, 0.4) is 0 Å². The molecule has 5 nitrogen and oxygen atoms in total. The first-order chi connectivity index (χ1) is 11.4. The summed E-state index contributed by atoms with van der Waals surface area (Å²) >= 11 is 0. The number of nitrogens with zero attached hydrogens (tertiary/aromatic N) is 2. The van der Waals surface area contributed by atoms with Crippen LogP contribution in [0.1, 0.15) is 53.4 Å². The van der Waals surface area contributed by atoms with Crippen LogP contribution in [-0.4, -0.2) is 63.5 Å². The molecule has 2 atom stereocenters. The maximum Gasteiger partial charge on any atom is 0.194 e. The van der Waals surface area contributed by atoms with Crippen LogP contribution in [0.4, 0.5) is 0 Å². The van der Waals surface area contributed by atoms with Crippen LogP contribution in [0, 0.1) is 10.8 Å². The molecule has 0 aromatic heterocycles.